The largest absolute Gasteiger partial charge is 0.313 e. The molecule has 0 bridgehead atoms. The maximum Gasteiger partial charge on any atom is 0.175 e. The van der Waals surface area contributed by atoms with Gasteiger partial charge in [0.2, 0.25) is 0 Å². The van der Waals surface area contributed by atoms with Crippen molar-refractivity contribution < 1.29 is 16.8 Å². The molecule has 0 saturated heterocycles. The molecule has 5 nitrogen and oxygen atoms in total. The van der Waals surface area contributed by atoms with Crippen LogP contribution in [-0.2, 0) is 26.2 Å². The number of hydrogen-bond donors (Lipinski definition) is 1. The fraction of sp³-hybridized carbons (Fsp3) is 0.500. The third-order valence-electron chi connectivity index (χ3n) is 2.55. The van der Waals surface area contributed by atoms with E-state index in [9.17, 15) is 16.8 Å². The van der Waals surface area contributed by atoms with Crippen LogP contribution in [0.2, 0.25) is 0 Å². The molecule has 0 heterocycles. The first-order valence-electron chi connectivity index (χ1n) is 5.86. The van der Waals surface area contributed by atoms with E-state index < -0.39 is 19.7 Å². The van der Waals surface area contributed by atoms with Crippen LogP contribution in [0.1, 0.15) is 12.0 Å². The third-order valence-corrected chi connectivity index (χ3v) is 4.71. The Morgan fingerprint density at radius 1 is 1.00 bits per heavy atom. The van der Waals surface area contributed by atoms with E-state index in [4.69, 9.17) is 0 Å². The second kappa shape index (κ2) is 6.49. The monoisotopic (exact) mass is 305 g/mol. The molecule has 1 N–H and O–H groups in total. The van der Waals surface area contributed by atoms with Crippen molar-refractivity contribution in [2.75, 3.05) is 24.8 Å². The summed E-state index contributed by atoms with van der Waals surface area (Å²) in [5.74, 6) is 0.174. The molecule has 0 aliphatic carbocycles. The lowest BCUT2D eigenvalue weighted by atomic mass is 10.2. The highest BCUT2D eigenvalue weighted by Gasteiger charge is 2.06. The molecule has 1 rings (SSSR count). The topological polar surface area (TPSA) is 80.3 Å². The van der Waals surface area contributed by atoms with Crippen molar-refractivity contribution in [3.63, 3.8) is 0 Å². The van der Waals surface area contributed by atoms with Gasteiger partial charge < -0.3 is 5.32 Å². The van der Waals surface area contributed by atoms with Gasteiger partial charge >= 0.3 is 0 Å². The van der Waals surface area contributed by atoms with Crippen molar-refractivity contribution in [2.24, 2.45) is 0 Å². The first-order valence-corrected chi connectivity index (χ1v) is 9.81. The summed E-state index contributed by atoms with van der Waals surface area (Å²) in [6, 6.07) is 6.64. The average molecular weight is 305 g/mol. The van der Waals surface area contributed by atoms with E-state index in [-0.39, 0.29) is 5.75 Å². The Morgan fingerprint density at radius 3 is 2.05 bits per heavy atom. The Balaban J connectivity index is 2.39. The summed E-state index contributed by atoms with van der Waals surface area (Å²) in [6.45, 7) is 1.20. The highest BCUT2D eigenvalue weighted by Crippen LogP contribution is 2.10. The summed E-state index contributed by atoms with van der Waals surface area (Å²) in [6.07, 6.45) is 2.96. The molecule has 0 radical (unpaired) electrons. The second-order valence-corrected chi connectivity index (χ2v) is 8.85. The van der Waals surface area contributed by atoms with Gasteiger partial charge in [-0.05, 0) is 30.7 Å². The van der Waals surface area contributed by atoms with E-state index in [0.717, 1.165) is 5.56 Å². The number of rotatable bonds is 7. The van der Waals surface area contributed by atoms with Crippen LogP contribution in [0.5, 0.6) is 0 Å². The van der Waals surface area contributed by atoms with Crippen LogP contribution in [0.3, 0.4) is 0 Å². The molecule has 0 spiro atoms. The third kappa shape index (κ3) is 6.70. The van der Waals surface area contributed by atoms with E-state index in [2.05, 4.69) is 5.32 Å². The van der Waals surface area contributed by atoms with E-state index >= 15 is 0 Å². The summed E-state index contributed by atoms with van der Waals surface area (Å²) < 4.78 is 44.4. The Bertz CT molecular complexity index is 604. The maximum atomic E-state index is 11.3. The minimum atomic E-state index is -3.15. The Labute approximate surface area is 114 Å². The van der Waals surface area contributed by atoms with Gasteiger partial charge in [-0.25, -0.2) is 16.8 Å². The fourth-order valence-electron chi connectivity index (χ4n) is 1.55. The lowest BCUT2D eigenvalue weighted by Gasteiger charge is -2.05. The lowest BCUT2D eigenvalue weighted by molar-refractivity contribution is 0.594. The average Bonchev–Trinajstić information content (AvgIpc) is 2.26. The molecule has 0 saturated carbocycles. The quantitative estimate of drug-likeness (QED) is 0.747. The minimum Gasteiger partial charge on any atom is -0.313 e. The summed E-state index contributed by atoms with van der Waals surface area (Å²) in [7, 11) is -6.05. The molecule has 0 aromatic heterocycles. The van der Waals surface area contributed by atoms with Gasteiger partial charge in [0.1, 0.15) is 9.84 Å². The summed E-state index contributed by atoms with van der Waals surface area (Å²) in [5.41, 5.74) is 0.965. The molecule has 0 atom stereocenters. The van der Waals surface area contributed by atoms with Crippen LogP contribution in [0.4, 0.5) is 0 Å². The molecular weight excluding hydrogens is 286 g/mol. The van der Waals surface area contributed by atoms with Gasteiger partial charge in [0.25, 0.3) is 0 Å². The number of benzene rings is 1. The van der Waals surface area contributed by atoms with Crippen LogP contribution < -0.4 is 5.32 Å². The van der Waals surface area contributed by atoms with Gasteiger partial charge in [-0.2, -0.15) is 0 Å². The molecule has 0 aliphatic heterocycles. The van der Waals surface area contributed by atoms with Gasteiger partial charge in [-0.15, -0.1) is 0 Å². The van der Waals surface area contributed by atoms with Crippen molar-refractivity contribution in [1.82, 2.24) is 5.32 Å². The maximum absolute atomic E-state index is 11.3. The van der Waals surface area contributed by atoms with Crippen molar-refractivity contribution in [3.05, 3.63) is 29.8 Å². The smallest absolute Gasteiger partial charge is 0.175 e. The zero-order chi connectivity index (χ0) is 14.5. The van der Waals surface area contributed by atoms with Crippen molar-refractivity contribution in [3.8, 4) is 0 Å². The molecule has 0 fully saturated rings. The fourth-order valence-corrected chi connectivity index (χ4v) is 2.85. The highest BCUT2D eigenvalue weighted by atomic mass is 32.2. The Kier molecular flexibility index (Phi) is 5.51. The van der Waals surface area contributed by atoms with E-state index in [1.54, 1.807) is 24.3 Å². The lowest BCUT2D eigenvalue weighted by Crippen LogP contribution is -2.17. The zero-order valence-electron chi connectivity index (χ0n) is 11.1. The van der Waals surface area contributed by atoms with Gasteiger partial charge in [0, 0.05) is 19.1 Å². The van der Waals surface area contributed by atoms with Crippen LogP contribution in [0.25, 0.3) is 0 Å². The first-order chi connectivity index (χ1) is 8.68. The summed E-state index contributed by atoms with van der Waals surface area (Å²) in [5, 5.41) is 3.12. The predicted molar refractivity (Wildman–Crippen MR) is 75.6 cm³/mol. The van der Waals surface area contributed by atoms with Crippen molar-refractivity contribution >= 4 is 19.7 Å². The molecule has 7 heteroatoms. The molecule has 0 amide bonds. The molecule has 0 unspecified atom stereocenters. The minimum absolute atomic E-state index is 0.174. The number of sulfone groups is 2. The zero-order valence-corrected chi connectivity index (χ0v) is 12.7. The predicted octanol–water partition coefficient (Wildman–Crippen LogP) is 0.614. The first kappa shape index (κ1) is 16.1. The molecular formula is C12H19NO4S2. The van der Waals surface area contributed by atoms with Gasteiger partial charge in [-0.1, -0.05) is 12.1 Å². The Morgan fingerprint density at radius 2 is 1.58 bits per heavy atom. The van der Waals surface area contributed by atoms with E-state index in [1.807, 2.05) is 0 Å². The van der Waals surface area contributed by atoms with E-state index in [0.29, 0.717) is 24.4 Å². The number of nitrogens with one attached hydrogen (secondary N) is 1. The summed E-state index contributed by atoms with van der Waals surface area (Å²) in [4.78, 5) is 0.299. The van der Waals surface area contributed by atoms with Crippen molar-refractivity contribution in [2.45, 2.75) is 17.9 Å². The van der Waals surface area contributed by atoms with Crippen molar-refractivity contribution in [1.29, 1.82) is 0 Å². The van der Waals surface area contributed by atoms with Gasteiger partial charge in [0.15, 0.2) is 9.84 Å². The SMILES string of the molecule is CS(=O)(=O)CCCNCc1ccc(S(C)(=O)=O)cc1. The van der Waals surface area contributed by atoms with Gasteiger partial charge in [0.05, 0.1) is 10.6 Å². The number of hydrogen-bond acceptors (Lipinski definition) is 5. The molecule has 0 aliphatic rings. The van der Waals surface area contributed by atoms with Crippen LogP contribution >= 0.6 is 0 Å². The van der Waals surface area contributed by atoms with Crippen LogP contribution in [-0.4, -0.2) is 41.6 Å². The molecule has 1 aromatic carbocycles. The normalized spacial score (nSPS) is 12.5. The molecule has 19 heavy (non-hydrogen) atoms. The van der Waals surface area contributed by atoms with E-state index in [1.165, 1.54) is 12.5 Å². The highest BCUT2D eigenvalue weighted by molar-refractivity contribution is 7.90. The Hall–Kier alpha value is -0.920. The van der Waals surface area contributed by atoms with Gasteiger partial charge in [-0.3, -0.25) is 0 Å². The summed E-state index contributed by atoms with van der Waals surface area (Å²) >= 11 is 0. The van der Waals surface area contributed by atoms with Crippen LogP contribution in [0, 0.1) is 0 Å². The molecule has 108 valence electrons. The molecule has 1 aromatic rings. The standard InChI is InChI=1S/C12H19NO4S2/c1-18(14,15)9-3-8-13-10-11-4-6-12(7-5-11)19(2,16)17/h4-7,13H,3,8-10H2,1-2H3. The van der Waals surface area contributed by atoms with Crippen LogP contribution in [0.15, 0.2) is 29.2 Å². The second-order valence-electron chi connectivity index (χ2n) is 4.58.